The Hall–Kier alpha value is -2.61. The van der Waals surface area contributed by atoms with Gasteiger partial charge < -0.3 is 0 Å². The Balaban J connectivity index is 2.44. The summed E-state index contributed by atoms with van der Waals surface area (Å²) in [5.74, 6) is 0. The molecule has 0 N–H and O–H groups in total. The summed E-state index contributed by atoms with van der Waals surface area (Å²) in [4.78, 5) is 3.77. The van der Waals surface area contributed by atoms with Crippen molar-refractivity contribution in [1.29, 1.82) is 5.26 Å². The van der Waals surface area contributed by atoms with Crippen molar-refractivity contribution in [3.8, 4) is 6.07 Å². The van der Waals surface area contributed by atoms with Crippen LogP contribution in [0, 0.1) is 32.1 Å². The smallest absolute Gasteiger partial charge is 0.255 e. The molecule has 23 heavy (non-hydrogen) atoms. The summed E-state index contributed by atoms with van der Waals surface area (Å²) in [7, 11) is 0. The summed E-state index contributed by atoms with van der Waals surface area (Å²) in [6, 6.07) is 8.11. The van der Waals surface area contributed by atoms with Gasteiger partial charge in [-0.3, -0.25) is 4.98 Å². The SMILES string of the molecule is Cc1cc(C)c(/C=C(\C#N)c2ccc(C(F)(F)F)cn2)cc1C. The van der Waals surface area contributed by atoms with Crippen LogP contribution in [0.5, 0.6) is 0 Å². The van der Waals surface area contributed by atoms with Gasteiger partial charge >= 0.3 is 6.18 Å². The number of hydrogen-bond acceptors (Lipinski definition) is 2. The van der Waals surface area contributed by atoms with Crippen molar-refractivity contribution in [3.05, 3.63) is 64.0 Å². The molecule has 2 nitrogen and oxygen atoms in total. The molecular weight excluding hydrogens is 301 g/mol. The van der Waals surface area contributed by atoms with Gasteiger partial charge in [-0.05, 0) is 61.2 Å². The van der Waals surface area contributed by atoms with Gasteiger partial charge in [-0.1, -0.05) is 12.1 Å². The van der Waals surface area contributed by atoms with E-state index >= 15 is 0 Å². The van der Waals surface area contributed by atoms with Crippen molar-refractivity contribution in [2.75, 3.05) is 0 Å². The van der Waals surface area contributed by atoms with Gasteiger partial charge in [0.15, 0.2) is 0 Å². The summed E-state index contributed by atoms with van der Waals surface area (Å²) in [6.45, 7) is 5.89. The Morgan fingerprint density at radius 2 is 1.74 bits per heavy atom. The van der Waals surface area contributed by atoms with E-state index in [1.807, 2.05) is 39.0 Å². The number of rotatable bonds is 2. The maximum absolute atomic E-state index is 12.6. The molecule has 0 aliphatic carbocycles. The molecule has 2 rings (SSSR count). The maximum atomic E-state index is 12.6. The van der Waals surface area contributed by atoms with Gasteiger partial charge in [-0.15, -0.1) is 0 Å². The summed E-state index contributed by atoms with van der Waals surface area (Å²) >= 11 is 0. The predicted octanol–water partition coefficient (Wildman–Crippen LogP) is 5.09. The minimum atomic E-state index is -4.44. The number of pyridine rings is 1. The zero-order chi connectivity index (χ0) is 17.2. The molecule has 0 amide bonds. The van der Waals surface area contributed by atoms with Crippen LogP contribution in [0.25, 0.3) is 11.6 Å². The van der Waals surface area contributed by atoms with E-state index in [1.54, 1.807) is 6.08 Å². The number of aryl methyl sites for hydroxylation is 3. The first-order valence-electron chi connectivity index (χ1n) is 6.95. The summed E-state index contributed by atoms with van der Waals surface area (Å²) < 4.78 is 37.7. The second kappa shape index (κ2) is 6.25. The molecule has 2 aromatic rings. The summed E-state index contributed by atoms with van der Waals surface area (Å²) in [5.41, 5.74) is 3.69. The third-order valence-corrected chi connectivity index (χ3v) is 3.67. The average molecular weight is 316 g/mol. The largest absolute Gasteiger partial charge is 0.417 e. The van der Waals surface area contributed by atoms with E-state index in [9.17, 15) is 18.4 Å². The highest BCUT2D eigenvalue weighted by Crippen LogP contribution is 2.29. The van der Waals surface area contributed by atoms with Gasteiger partial charge in [-0.25, -0.2) is 0 Å². The molecule has 0 unspecified atom stereocenters. The number of alkyl halides is 3. The highest BCUT2D eigenvalue weighted by molar-refractivity contribution is 5.89. The molecule has 5 heteroatoms. The average Bonchev–Trinajstić information content (AvgIpc) is 2.49. The van der Waals surface area contributed by atoms with Crippen LogP contribution < -0.4 is 0 Å². The van der Waals surface area contributed by atoms with Gasteiger partial charge in [0.25, 0.3) is 0 Å². The number of nitriles is 1. The zero-order valence-electron chi connectivity index (χ0n) is 13.0. The minimum Gasteiger partial charge on any atom is -0.255 e. The van der Waals surface area contributed by atoms with Gasteiger partial charge in [0.05, 0.1) is 16.8 Å². The lowest BCUT2D eigenvalue weighted by atomic mass is 9.98. The second-order valence-electron chi connectivity index (χ2n) is 5.39. The minimum absolute atomic E-state index is 0.220. The van der Waals surface area contributed by atoms with Crippen molar-refractivity contribution in [2.45, 2.75) is 26.9 Å². The van der Waals surface area contributed by atoms with Crippen LogP contribution in [0.15, 0.2) is 30.5 Å². The van der Waals surface area contributed by atoms with E-state index in [4.69, 9.17) is 0 Å². The molecule has 0 saturated heterocycles. The summed E-state index contributed by atoms with van der Waals surface area (Å²) in [5, 5.41) is 9.30. The molecule has 118 valence electrons. The second-order valence-corrected chi connectivity index (χ2v) is 5.39. The van der Waals surface area contributed by atoms with Crippen molar-refractivity contribution < 1.29 is 13.2 Å². The number of benzene rings is 1. The van der Waals surface area contributed by atoms with Crippen molar-refractivity contribution in [2.24, 2.45) is 0 Å². The number of allylic oxidation sites excluding steroid dienone is 1. The van der Waals surface area contributed by atoms with Gasteiger partial charge in [0.1, 0.15) is 6.07 Å². The molecule has 0 bridgehead atoms. The number of nitrogens with zero attached hydrogens (tertiary/aromatic N) is 2. The van der Waals surface area contributed by atoms with Crippen LogP contribution in [0.3, 0.4) is 0 Å². The third-order valence-electron chi connectivity index (χ3n) is 3.67. The maximum Gasteiger partial charge on any atom is 0.417 e. The first-order chi connectivity index (χ1) is 10.7. The normalized spacial score (nSPS) is 12.1. The lowest BCUT2D eigenvalue weighted by Gasteiger charge is -2.08. The van der Waals surface area contributed by atoms with Crippen molar-refractivity contribution in [1.82, 2.24) is 4.98 Å². The molecule has 1 heterocycles. The van der Waals surface area contributed by atoms with E-state index < -0.39 is 11.7 Å². The van der Waals surface area contributed by atoms with E-state index in [-0.39, 0.29) is 11.3 Å². The molecule has 0 aliphatic heterocycles. The molecule has 0 fully saturated rings. The Morgan fingerprint density at radius 3 is 2.26 bits per heavy atom. The molecule has 0 saturated carbocycles. The highest BCUT2D eigenvalue weighted by atomic mass is 19.4. The van der Waals surface area contributed by atoms with Crippen LogP contribution in [0.1, 0.15) is 33.5 Å². The van der Waals surface area contributed by atoms with Crippen LogP contribution in [-0.4, -0.2) is 4.98 Å². The molecule has 1 aromatic heterocycles. The van der Waals surface area contributed by atoms with Crippen molar-refractivity contribution in [3.63, 3.8) is 0 Å². The number of hydrogen-bond donors (Lipinski definition) is 0. The van der Waals surface area contributed by atoms with Crippen LogP contribution in [-0.2, 0) is 6.18 Å². The van der Waals surface area contributed by atoms with Crippen molar-refractivity contribution >= 4 is 11.6 Å². The fourth-order valence-corrected chi connectivity index (χ4v) is 2.18. The highest BCUT2D eigenvalue weighted by Gasteiger charge is 2.30. The Morgan fingerprint density at radius 1 is 1.09 bits per heavy atom. The Bertz CT molecular complexity index is 795. The zero-order valence-corrected chi connectivity index (χ0v) is 13.0. The van der Waals surface area contributed by atoms with Crippen LogP contribution in [0.4, 0.5) is 13.2 Å². The monoisotopic (exact) mass is 316 g/mol. The molecule has 1 aromatic carbocycles. The Kier molecular flexibility index (Phi) is 4.55. The molecule has 0 radical (unpaired) electrons. The van der Waals surface area contributed by atoms with Crippen LogP contribution >= 0.6 is 0 Å². The van der Waals surface area contributed by atoms with E-state index in [1.165, 1.54) is 6.07 Å². The fraction of sp³-hybridized carbons (Fsp3) is 0.222. The quantitative estimate of drug-likeness (QED) is 0.724. The van der Waals surface area contributed by atoms with Crippen LogP contribution in [0.2, 0.25) is 0 Å². The molecule has 0 aliphatic rings. The van der Waals surface area contributed by atoms with E-state index in [0.29, 0.717) is 0 Å². The number of aromatic nitrogens is 1. The first kappa shape index (κ1) is 16.8. The molecule has 0 atom stereocenters. The van der Waals surface area contributed by atoms with Gasteiger partial charge in [-0.2, -0.15) is 18.4 Å². The van der Waals surface area contributed by atoms with E-state index in [2.05, 4.69) is 4.98 Å². The van der Waals surface area contributed by atoms with E-state index in [0.717, 1.165) is 34.5 Å². The Labute approximate surface area is 132 Å². The molecular formula is C18H15F3N2. The fourth-order valence-electron chi connectivity index (χ4n) is 2.18. The predicted molar refractivity (Wildman–Crippen MR) is 83.4 cm³/mol. The lowest BCUT2D eigenvalue weighted by Crippen LogP contribution is -2.05. The third kappa shape index (κ3) is 3.78. The number of halogens is 3. The molecule has 0 spiro atoms. The van der Waals surface area contributed by atoms with Gasteiger partial charge in [0, 0.05) is 6.20 Å². The first-order valence-corrected chi connectivity index (χ1v) is 6.95. The standard InChI is InChI=1S/C18H15F3N2/c1-11-6-13(3)14(7-12(11)2)8-15(9-22)17-5-4-16(10-23-17)18(19,20)21/h4-8,10H,1-3H3/b15-8+. The lowest BCUT2D eigenvalue weighted by molar-refractivity contribution is -0.137. The summed E-state index contributed by atoms with van der Waals surface area (Å²) in [6.07, 6.45) is -2.04. The van der Waals surface area contributed by atoms with Gasteiger partial charge in [0.2, 0.25) is 0 Å². The topological polar surface area (TPSA) is 36.7 Å².